The van der Waals surface area contributed by atoms with Gasteiger partial charge in [0.1, 0.15) is 16.5 Å². The third-order valence-electron chi connectivity index (χ3n) is 5.07. The van der Waals surface area contributed by atoms with E-state index in [4.69, 9.17) is 16.3 Å². The zero-order valence-corrected chi connectivity index (χ0v) is 18.6. The average Bonchev–Trinajstić information content (AvgIpc) is 3.03. The summed E-state index contributed by atoms with van der Waals surface area (Å²) in [6, 6.07) is 20.6. The van der Waals surface area contributed by atoms with E-state index < -0.39 is 11.8 Å². The number of amides is 3. The highest BCUT2D eigenvalue weighted by molar-refractivity contribution is 6.53. The molecule has 0 radical (unpaired) electrons. The summed E-state index contributed by atoms with van der Waals surface area (Å²) in [5, 5.41) is 5.47. The van der Waals surface area contributed by atoms with Crippen LogP contribution < -0.4 is 20.3 Å². The number of rotatable bonds is 6. The summed E-state index contributed by atoms with van der Waals surface area (Å²) in [7, 11) is 1.52. The number of nitrogens with one attached hydrogen (secondary N) is 2. The van der Waals surface area contributed by atoms with Gasteiger partial charge in [0, 0.05) is 11.3 Å². The zero-order valence-electron chi connectivity index (χ0n) is 17.9. The molecule has 0 bridgehead atoms. The molecule has 1 aliphatic heterocycles. The fraction of sp³-hybridized carbons (Fsp3) is 0.0800. The van der Waals surface area contributed by atoms with Crippen molar-refractivity contribution in [3.8, 4) is 5.75 Å². The summed E-state index contributed by atoms with van der Waals surface area (Å²) < 4.78 is 5.26. The Morgan fingerprint density at radius 2 is 1.67 bits per heavy atom. The molecular formula is C25H20ClN3O4. The molecule has 33 heavy (non-hydrogen) atoms. The Morgan fingerprint density at radius 1 is 0.939 bits per heavy atom. The number of aryl methyl sites for hydroxylation is 1. The van der Waals surface area contributed by atoms with Crippen molar-refractivity contribution < 1.29 is 19.1 Å². The number of benzene rings is 3. The molecule has 0 saturated heterocycles. The Kier molecular flexibility index (Phi) is 6.15. The standard InChI is InChI=1S/C25H20ClN3O4/c1-15-10-12-18(13-11-15)29-24(31)21(26)22(25(29)32)27-17-7-5-6-16(14-17)23(30)28-19-8-3-4-9-20(19)33-2/h3-14,27H,1-2H3,(H,28,30). The topological polar surface area (TPSA) is 87.7 Å². The molecule has 1 aliphatic rings. The van der Waals surface area contributed by atoms with Crippen molar-refractivity contribution in [3.63, 3.8) is 0 Å². The van der Waals surface area contributed by atoms with Gasteiger partial charge in [-0.2, -0.15) is 0 Å². The predicted octanol–water partition coefficient (Wildman–Crippen LogP) is 4.69. The molecule has 3 aromatic carbocycles. The summed E-state index contributed by atoms with van der Waals surface area (Å²) in [5.74, 6) is -1.02. The number of para-hydroxylation sites is 2. The second-order valence-electron chi connectivity index (χ2n) is 7.33. The number of ether oxygens (including phenoxy) is 1. The predicted molar refractivity (Wildman–Crippen MR) is 128 cm³/mol. The van der Waals surface area contributed by atoms with Crippen molar-refractivity contribution in [2.45, 2.75) is 6.92 Å². The van der Waals surface area contributed by atoms with E-state index >= 15 is 0 Å². The Bertz CT molecular complexity index is 1280. The minimum Gasteiger partial charge on any atom is -0.495 e. The molecule has 3 aromatic rings. The summed E-state index contributed by atoms with van der Waals surface area (Å²) in [6.45, 7) is 1.91. The summed E-state index contributed by atoms with van der Waals surface area (Å²) >= 11 is 6.20. The average molecular weight is 462 g/mol. The van der Waals surface area contributed by atoms with E-state index in [1.165, 1.54) is 7.11 Å². The van der Waals surface area contributed by atoms with Gasteiger partial charge in [0.2, 0.25) is 0 Å². The van der Waals surface area contributed by atoms with Crippen LogP contribution in [0.15, 0.2) is 83.5 Å². The SMILES string of the molecule is COc1ccccc1NC(=O)c1cccc(NC2=C(Cl)C(=O)N(c3ccc(C)cc3)C2=O)c1. The second kappa shape index (κ2) is 9.18. The van der Waals surface area contributed by atoms with Gasteiger partial charge < -0.3 is 15.4 Å². The van der Waals surface area contributed by atoms with Gasteiger partial charge in [-0.05, 0) is 49.4 Å². The fourth-order valence-corrected chi connectivity index (χ4v) is 3.58. The number of hydrogen-bond acceptors (Lipinski definition) is 5. The number of carbonyl (C=O) groups is 3. The molecule has 1 heterocycles. The van der Waals surface area contributed by atoms with Crippen LogP contribution in [0.4, 0.5) is 17.1 Å². The van der Waals surface area contributed by atoms with Gasteiger partial charge in [-0.25, -0.2) is 4.90 Å². The molecule has 0 fully saturated rings. The van der Waals surface area contributed by atoms with Crippen molar-refractivity contribution in [2.75, 3.05) is 22.6 Å². The maximum atomic E-state index is 13.0. The number of nitrogens with zero attached hydrogens (tertiary/aromatic N) is 1. The van der Waals surface area contributed by atoms with E-state index in [9.17, 15) is 14.4 Å². The van der Waals surface area contributed by atoms with Gasteiger partial charge in [0.05, 0.1) is 18.5 Å². The van der Waals surface area contributed by atoms with E-state index in [1.807, 2.05) is 6.92 Å². The van der Waals surface area contributed by atoms with E-state index in [1.54, 1.807) is 72.8 Å². The third kappa shape index (κ3) is 4.44. The van der Waals surface area contributed by atoms with Crippen molar-refractivity contribution in [3.05, 3.63) is 94.7 Å². The lowest BCUT2D eigenvalue weighted by Crippen LogP contribution is -2.32. The van der Waals surface area contributed by atoms with Gasteiger partial charge in [-0.15, -0.1) is 0 Å². The van der Waals surface area contributed by atoms with Crippen molar-refractivity contribution >= 4 is 46.4 Å². The maximum absolute atomic E-state index is 13.0. The lowest BCUT2D eigenvalue weighted by molar-refractivity contribution is -0.120. The number of methoxy groups -OCH3 is 1. The van der Waals surface area contributed by atoms with Gasteiger partial charge in [-0.1, -0.05) is 47.5 Å². The first-order valence-electron chi connectivity index (χ1n) is 10.1. The Hall–Kier alpha value is -4.10. The highest BCUT2D eigenvalue weighted by Crippen LogP contribution is 2.30. The molecule has 0 saturated carbocycles. The van der Waals surface area contributed by atoms with Gasteiger partial charge in [0.25, 0.3) is 17.7 Å². The van der Waals surface area contributed by atoms with Crippen LogP contribution in [-0.4, -0.2) is 24.8 Å². The van der Waals surface area contributed by atoms with Crippen LogP contribution in [0, 0.1) is 6.92 Å². The number of carbonyl (C=O) groups excluding carboxylic acids is 3. The van der Waals surface area contributed by atoms with Crippen LogP contribution in [0.3, 0.4) is 0 Å². The lowest BCUT2D eigenvalue weighted by atomic mass is 10.1. The molecule has 0 unspecified atom stereocenters. The molecule has 2 N–H and O–H groups in total. The van der Waals surface area contributed by atoms with Crippen LogP contribution in [0.5, 0.6) is 5.75 Å². The van der Waals surface area contributed by atoms with Crippen LogP contribution >= 0.6 is 11.6 Å². The molecule has 4 rings (SSSR count). The van der Waals surface area contributed by atoms with Crippen LogP contribution in [0.25, 0.3) is 0 Å². The molecule has 0 spiro atoms. The van der Waals surface area contributed by atoms with Crippen LogP contribution in [0.1, 0.15) is 15.9 Å². The fourth-order valence-electron chi connectivity index (χ4n) is 3.36. The van der Waals surface area contributed by atoms with Crippen LogP contribution in [-0.2, 0) is 9.59 Å². The van der Waals surface area contributed by atoms with Gasteiger partial charge in [-0.3, -0.25) is 14.4 Å². The normalized spacial score (nSPS) is 13.4. The summed E-state index contributed by atoms with van der Waals surface area (Å²) in [5.41, 5.74) is 2.68. The van der Waals surface area contributed by atoms with Crippen molar-refractivity contribution in [1.29, 1.82) is 0 Å². The first kappa shape index (κ1) is 22.1. The van der Waals surface area contributed by atoms with Crippen molar-refractivity contribution in [1.82, 2.24) is 0 Å². The molecule has 0 atom stereocenters. The van der Waals surface area contributed by atoms with Crippen LogP contribution in [0.2, 0.25) is 0 Å². The van der Waals surface area contributed by atoms with Gasteiger partial charge >= 0.3 is 0 Å². The molecule has 8 heteroatoms. The summed E-state index contributed by atoms with van der Waals surface area (Å²) in [4.78, 5) is 39.4. The molecule has 0 aliphatic carbocycles. The number of imide groups is 1. The minimum atomic E-state index is -0.613. The Balaban J connectivity index is 1.54. The van der Waals surface area contributed by atoms with E-state index in [0.29, 0.717) is 28.4 Å². The second-order valence-corrected chi connectivity index (χ2v) is 7.71. The highest BCUT2D eigenvalue weighted by Gasteiger charge is 2.38. The maximum Gasteiger partial charge on any atom is 0.283 e. The molecule has 7 nitrogen and oxygen atoms in total. The smallest absolute Gasteiger partial charge is 0.283 e. The third-order valence-corrected chi connectivity index (χ3v) is 5.42. The van der Waals surface area contributed by atoms with E-state index in [0.717, 1.165) is 10.5 Å². The van der Waals surface area contributed by atoms with E-state index in [2.05, 4.69) is 10.6 Å². The van der Waals surface area contributed by atoms with E-state index in [-0.39, 0.29) is 16.6 Å². The highest BCUT2D eigenvalue weighted by atomic mass is 35.5. The first-order chi connectivity index (χ1) is 15.9. The number of halogens is 1. The van der Waals surface area contributed by atoms with Gasteiger partial charge in [0.15, 0.2) is 0 Å². The molecule has 3 amide bonds. The summed E-state index contributed by atoms with van der Waals surface area (Å²) in [6.07, 6.45) is 0. The molecule has 0 aromatic heterocycles. The minimum absolute atomic E-state index is 0.0514. The quantitative estimate of drug-likeness (QED) is 0.520. The number of anilines is 3. The lowest BCUT2D eigenvalue weighted by Gasteiger charge is -2.15. The zero-order chi connectivity index (χ0) is 23.5. The van der Waals surface area contributed by atoms with Crippen molar-refractivity contribution in [2.24, 2.45) is 0 Å². The molecular weight excluding hydrogens is 442 g/mol. The Morgan fingerprint density at radius 3 is 2.39 bits per heavy atom. The first-order valence-corrected chi connectivity index (χ1v) is 10.4. The number of hydrogen-bond donors (Lipinski definition) is 2. The Labute approximate surface area is 195 Å². The monoisotopic (exact) mass is 461 g/mol. The largest absolute Gasteiger partial charge is 0.495 e. The molecule has 166 valence electrons.